The maximum atomic E-state index is 6.31. The van der Waals surface area contributed by atoms with Crippen molar-refractivity contribution in [2.75, 3.05) is 6.54 Å². The van der Waals surface area contributed by atoms with E-state index in [1.807, 2.05) is 0 Å². The van der Waals surface area contributed by atoms with Gasteiger partial charge >= 0.3 is 0 Å². The van der Waals surface area contributed by atoms with Crippen LogP contribution in [0.25, 0.3) is 0 Å². The molecule has 0 spiro atoms. The predicted octanol–water partition coefficient (Wildman–Crippen LogP) is 4.22. The van der Waals surface area contributed by atoms with Crippen molar-refractivity contribution in [2.24, 2.45) is 11.8 Å². The summed E-state index contributed by atoms with van der Waals surface area (Å²) < 4.78 is 0. The van der Waals surface area contributed by atoms with Gasteiger partial charge in [0.05, 0.1) is 0 Å². The van der Waals surface area contributed by atoms with E-state index in [1.165, 1.54) is 24.0 Å². The first-order valence-corrected chi connectivity index (χ1v) is 7.42. The number of rotatable bonds is 5. The summed E-state index contributed by atoms with van der Waals surface area (Å²) in [6.45, 7) is 7.68. The lowest BCUT2D eigenvalue weighted by molar-refractivity contribution is 0.168. The van der Waals surface area contributed by atoms with Crippen LogP contribution < -0.4 is 5.32 Å². The van der Waals surface area contributed by atoms with Crippen LogP contribution in [0.3, 0.4) is 0 Å². The zero-order chi connectivity index (χ0) is 13.1. The van der Waals surface area contributed by atoms with Crippen LogP contribution in [0.2, 0.25) is 5.02 Å². The lowest BCUT2D eigenvalue weighted by atomic mass is 9.70. The Morgan fingerprint density at radius 1 is 1.28 bits per heavy atom. The third kappa shape index (κ3) is 3.49. The van der Waals surface area contributed by atoms with E-state index in [2.05, 4.69) is 44.3 Å². The first-order valence-electron chi connectivity index (χ1n) is 7.04. The Kier molecular flexibility index (Phi) is 4.69. The first kappa shape index (κ1) is 13.9. The minimum Gasteiger partial charge on any atom is -0.314 e. The Hall–Kier alpha value is -0.530. The van der Waals surface area contributed by atoms with Gasteiger partial charge in [-0.1, -0.05) is 37.6 Å². The van der Waals surface area contributed by atoms with Gasteiger partial charge in [0.15, 0.2) is 0 Å². The Morgan fingerprint density at radius 2 is 2.00 bits per heavy atom. The number of aryl methyl sites for hydroxylation is 1. The van der Waals surface area contributed by atoms with Crippen molar-refractivity contribution >= 4 is 11.6 Å². The van der Waals surface area contributed by atoms with Gasteiger partial charge in [0.25, 0.3) is 0 Å². The van der Waals surface area contributed by atoms with Crippen molar-refractivity contribution in [2.45, 2.75) is 46.1 Å². The molecule has 1 aromatic rings. The monoisotopic (exact) mass is 265 g/mol. The van der Waals surface area contributed by atoms with Gasteiger partial charge in [-0.3, -0.25) is 0 Å². The van der Waals surface area contributed by atoms with E-state index in [-0.39, 0.29) is 0 Å². The van der Waals surface area contributed by atoms with Gasteiger partial charge in [0, 0.05) is 11.1 Å². The molecule has 1 fully saturated rings. The van der Waals surface area contributed by atoms with E-state index in [0.717, 1.165) is 29.8 Å². The van der Waals surface area contributed by atoms with Crippen LogP contribution in [-0.4, -0.2) is 12.6 Å². The molecule has 1 aliphatic rings. The molecular formula is C16H24ClN. The molecule has 0 heterocycles. The summed E-state index contributed by atoms with van der Waals surface area (Å²) >= 11 is 6.31. The zero-order valence-corrected chi connectivity index (χ0v) is 12.4. The lowest BCUT2D eigenvalue weighted by Gasteiger charge is -2.37. The predicted molar refractivity (Wildman–Crippen MR) is 79.2 cm³/mol. The van der Waals surface area contributed by atoms with E-state index in [9.17, 15) is 0 Å². The quantitative estimate of drug-likeness (QED) is 0.841. The van der Waals surface area contributed by atoms with Crippen molar-refractivity contribution in [1.82, 2.24) is 5.32 Å². The van der Waals surface area contributed by atoms with E-state index in [0.29, 0.717) is 6.04 Å². The molecule has 0 amide bonds. The molecule has 2 heteroatoms. The largest absolute Gasteiger partial charge is 0.314 e. The van der Waals surface area contributed by atoms with Crippen LogP contribution >= 0.6 is 11.6 Å². The van der Waals surface area contributed by atoms with Crippen LogP contribution in [0, 0.1) is 18.8 Å². The second-order valence-corrected chi connectivity index (χ2v) is 6.37. The lowest BCUT2D eigenvalue weighted by Crippen LogP contribution is -2.38. The summed E-state index contributed by atoms with van der Waals surface area (Å²) in [7, 11) is 0. The molecule has 0 aliphatic heterocycles. The normalized spacial score (nSPS) is 23.2. The molecule has 2 unspecified atom stereocenters. The maximum Gasteiger partial charge on any atom is 0.0440 e. The highest BCUT2D eigenvalue weighted by Gasteiger charge is 2.30. The van der Waals surface area contributed by atoms with Crippen LogP contribution in [0.1, 0.15) is 37.8 Å². The average Bonchev–Trinajstić information content (AvgIpc) is 2.26. The highest BCUT2D eigenvalue weighted by atomic mass is 35.5. The summed E-state index contributed by atoms with van der Waals surface area (Å²) in [6, 6.07) is 7.04. The Bertz CT molecular complexity index is 400. The smallest absolute Gasteiger partial charge is 0.0440 e. The molecule has 0 radical (unpaired) electrons. The number of hydrogen-bond donors (Lipinski definition) is 1. The van der Waals surface area contributed by atoms with E-state index >= 15 is 0 Å². The molecular weight excluding hydrogens is 242 g/mol. The van der Waals surface area contributed by atoms with Gasteiger partial charge in [-0.15, -0.1) is 0 Å². The average molecular weight is 266 g/mol. The second kappa shape index (κ2) is 6.08. The molecule has 1 nitrogen and oxygen atoms in total. The third-order valence-corrected chi connectivity index (χ3v) is 4.41. The molecule has 2 atom stereocenters. The van der Waals surface area contributed by atoms with Crippen LogP contribution in [0.15, 0.2) is 18.2 Å². The number of nitrogens with one attached hydrogen (secondary N) is 1. The maximum absolute atomic E-state index is 6.31. The molecule has 0 saturated heterocycles. The van der Waals surface area contributed by atoms with Crippen molar-refractivity contribution < 1.29 is 0 Å². The summed E-state index contributed by atoms with van der Waals surface area (Å²) in [6.07, 6.45) is 3.87. The highest BCUT2D eigenvalue weighted by Crippen LogP contribution is 2.37. The van der Waals surface area contributed by atoms with Gasteiger partial charge < -0.3 is 5.32 Å². The highest BCUT2D eigenvalue weighted by molar-refractivity contribution is 6.31. The van der Waals surface area contributed by atoms with Crippen LogP contribution in [-0.2, 0) is 6.42 Å². The van der Waals surface area contributed by atoms with Gasteiger partial charge in [-0.2, -0.15) is 0 Å². The molecule has 1 N–H and O–H groups in total. The Labute approximate surface area is 116 Å². The fourth-order valence-corrected chi connectivity index (χ4v) is 2.98. The van der Waals surface area contributed by atoms with E-state index < -0.39 is 0 Å². The van der Waals surface area contributed by atoms with Crippen molar-refractivity contribution in [3.8, 4) is 0 Å². The van der Waals surface area contributed by atoms with E-state index in [1.54, 1.807) is 0 Å². The SMILES string of the molecule is Cc1ccc(CC2CCC2CNC(C)C)c(Cl)c1. The van der Waals surface area contributed by atoms with Gasteiger partial charge in [0.1, 0.15) is 0 Å². The van der Waals surface area contributed by atoms with Gasteiger partial charge in [0.2, 0.25) is 0 Å². The Morgan fingerprint density at radius 3 is 2.56 bits per heavy atom. The summed E-state index contributed by atoms with van der Waals surface area (Å²) in [4.78, 5) is 0. The standard InChI is InChI=1S/C16H24ClN/c1-11(2)18-10-15-7-6-13(15)9-14-5-4-12(3)8-16(14)17/h4-5,8,11,13,15,18H,6-7,9-10H2,1-3H3. The van der Waals surface area contributed by atoms with Crippen LogP contribution in [0.4, 0.5) is 0 Å². The van der Waals surface area contributed by atoms with E-state index in [4.69, 9.17) is 11.6 Å². The minimum absolute atomic E-state index is 0.592. The minimum atomic E-state index is 0.592. The molecule has 1 saturated carbocycles. The van der Waals surface area contributed by atoms with Gasteiger partial charge in [-0.25, -0.2) is 0 Å². The molecule has 2 rings (SSSR count). The van der Waals surface area contributed by atoms with Crippen molar-refractivity contribution in [3.05, 3.63) is 34.3 Å². The topological polar surface area (TPSA) is 12.0 Å². The summed E-state index contributed by atoms with van der Waals surface area (Å²) in [5.41, 5.74) is 2.57. The molecule has 0 bridgehead atoms. The third-order valence-electron chi connectivity index (χ3n) is 4.05. The zero-order valence-electron chi connectivity index (χ0n) is 11.7. The second-order valence-electron chi connectivity index (χ2n) is 5.96. The molecule has 100 valence electrons. The molecule has 18 heavy (non-hydrogen) atoms. The molecule has 1 aliphatic carbocycles. The Balaban J connectivity index is 1.89. The fraction of sp³-hybridized carbons (Fsp3) is 0.625. The summed E-state index contributed by atoms with van der Waals surface area (Å²) in [5.74, 6) is 1.65. The van der Waals surface area contributed by atoms with Crippen molar-refractivity contribution in [3.63, 3.8) is 0 Å². The van der Waals surface area contributed by atoms with Gasteiger partial charge in [-0.05, 0) is 61.8 Å². The number of hydrogen-bond acceptors (Lipinski definition) is 1. The van der Waals surface area contributed by atoms with Crippen LogP contribution in [0.5, 0.6) is 0 Å². The molecule has 0 aromatic heterocycles. The van der Waals surface area contributed by atoms with Crippen molar-refractivity contribution in [1.29, 1.82) is 0 Å². The molecule has 1 aromatic carbocycles. The fourth-order valence-electron chi connectivity index (χ4n) is 2.66. The number of halogens is 1. The number of benzene rings is 1. The first-order chi connectivity index (χ1) is 8.56. The summed E-state index contributed by atoms with van der Waals surface area (Å²) in [5, 5.41) is 4.50.